The number of rotatable bonds is 1. The summed E-state index contributed by atoms with van der Waals surface area (Å²) in [4.78, 5) is 4.22. The first-order valence-electron chi connectivity index (χ1n) is 4.77. The van der Waals surface area contributed by atoms with Gasteiger partial charge in [-0.05, 0) is 43.1 Å². The quantitative estimate of drug-likeness (QED) is 0.748. The molecule has 0 saturated heterocycles. The highest BCUT2D eigenvalue weighted by Gasteiger charge is 2.34. The van der Waals surface area contributed by atoms with Crippen molar-refractivity contribution in [3.8, 4) is 0 Å². The van der Waals surface area contributed by atoms with Crippen LogP contribution in [-0.2, 0) is 5.54 Å². The first-order valence-corrected chi connectivity index (χ1v) is 5.54. The Labute approximate surface area is 82.5 Å². The van der Waals surface area contributed by atoms with Crippen molar-refractivity contribution < 1.29 is 0 Å². The maximum absolute atomic E-state index is 6.29. The Balaban J connectivity index is 2.13. The predicted octanol–water partition coefficient (Wildman–Crippen LogP) is 1.90. The molecule has 0 unspecified atom stereocenters. The average Bonchev–Trinajstić information content (AvgIpc) is 2.63. The molecule has 0 atom stereocenters. The van der Waals surface area contributed by atoms with Gasteiger partial charge in [-0.25, -0.2) is 4.98 Å². The van der Waals surface area contributed by atoms with E-state index in [1.807, 2.05) is 0 Å². The van der Waals surface area contributed by atoms with Crippen LogP contribution in [0.4, 0.5) is 0 Å². The Morgan fingerprint density at radius 2 is 2.23 bits per heavy atom. The van der Waals surface area contributed by atoms with Gasteiger partial charge in [0.25, 0.3) is 0 Å². The van der Waals surface area contributed by atoms with Crippen LogP contribution in [0, 0.1) is 5.92 Å². The van der Waals surface area contributed by atoms with Crippen LogP contribution >= 0.6 is 11.5 Å². The van der Waals surface area contributed by atoms with E-state index in [0.717, 1.165) is 23.8 Å². The van der Waals surface area contributed by atoms with Gasteiger partial charge in [0.2, 0.25) is 0 Å². The van der Waals surface area contributed by atoms with Crippen LogP contribution in [-0.4, -0.2) is 9.36 Å². The Morgan fingerprint density at radius 3 is 2.77 bits per heavy atom. The second kappa shape index (κ2) is 3.35. The molecule has 3 nitrogen and oxygen atoms in total. The van der Waals surface area contributed by atoms with E-state index in [4.69, 9.17) is 5.73 Å². The highest BCUT2D eigenvalue weighted by molar-refractivity contribution is 7.05. The molecule has 1 aromatic heterocycles. The molecule has 4 heteroatoms. The molecule has 0 aliphatic heterocycles. The zero-order valence-electron chi connectivity index (χ0n) is 7.86. The lowest BCUT2D eigenvalue weighted by Crippen LogP contribution is -2.39. The summed E-state index contributed by atoms with van der Waals surface area (Å²) in [7, 11) is 0. The minimum atomic E-state index is -0.173. The molecule has 1 aromatic rings. The summed E-state index contributed by atoms with van der Waals surface area (Å²) in [6.07, 6.45) is 6.16. The Kier molecular flexibility index (Phi) is 2.34. The Bertz CT molecular complexity index is 262. The van der Waals surface area contributed by atoms with Gasteiger partial charge in [0, 0.05) is 0 Å². The molecule has 13 heavy (non-hydrogen) atoms. The minimum Gasteiger partial charge on any atom is -0.319 e. The Hall–Kier alpha value is -0.480. The molecule has 2 N–H and O–H groups in total. The summed E-state index contributed by atoms with van der Waals surface area (Å²) in [5.74, 6) is 0.824. The molecule has 1 fully saturated rings. The molecule has 2 rings (SSSR count). The van der Waals surface area contributed by atoms with E-state index < -0.39 is 0 Å². The van der Waals surface area contributed by atoms with Crippen LogP contribution in [0.25, 0.3) is 0 Å². The third kappa shape index (κ3) is 1.74. The molecule has 0 spiro atoms. The van der Waals surface area contributed by atoms with E-state index in [9.17, 15) is 0 Å². The highest BCUT2D eigenvalue weighted by atomic mass is 32.1. The van der Waals surface area contributed by atoms with Crippen LogP contribution in [0.2, 0.25) is 0 Å². The van der Waals surface area contributed by atoms with E-state index >= 15 is 0 Å². The lowest BCUT2D eigenvalue weighted by molar-refractivity contribution is 0.247. The second-order valence-electron chi connectivity index (χ2n) is 4.09. The van der Waals surface area contributed by atoms with Gasteiger partial charge < -0.3 is 5.73 Å². The van der Waals surface area contributed by atoms with Crippen LogP contribution in [0.5, 0.6) is 0 Å². The zero-order chi connectivity index (χ0) is 9.31. The lowest BCUT2D eigenvalue weighted by atomic mass is 9.78. The summed E-state index contributed by atoms with van der Waals surface area (Å²) in [6.45, 7) is 2.29. The third-order valence-corrected chi connectivity index (χ3v) is 3.84. The average molecular weight is 197 g/mol. The van der Waals surface area contributed by atoms with Gasteiger partial charge in [-0.3, -0.25) is 0 Å². The predicted molar refractivity (Wildman–Crippen MR) is 53.4 cm³/mol. The minimum absolute atomic E-state index is 0.173. The van der Waals surface area contributed by atoms with Crippen molar-refractivity contribution >= 4 is 11.5 Å². The van der Waals surface area contributed by atoms with E-state index in [1.54, 1.807) is 6.33 Å². The van der Waals surface area contributed by atoms with E-state index in [1.165, 1.54) is 24.4 Å². The maximum Gasteiger partial charge on any atom is 0.133 e. The molecular weight excluding hydrogens is 182 g/mol. The fourth-order valence-corrected chi connectivity index (χ4v) is 2.56. The van der Waals surface area contributed by atoms with Gasteiger partial charge in [0.05, 0.1) is 5.54 Å². The van der Waals surface area contributed by atoms with Gasteiger partial charge >= 0.3 is 0 Å². The van der Waals surface area contributed by atoms with Crippen molar-refractivity contribution in [3.05, 3.63) is 11.3 Å². The van der Waals surface area contributed by atoms with Gasteiger partial charge in [0.1, 0.15) is 11.3 Å². The van der Waals surface area contributed by atoms with Crippen molar-refractivity contribution in [2.24, 2.45) is 11.7 Å². The van der Waals surface area contributed by atoms with Gasteiger partial charge in [-0.2, -0.15) is 4.37 Å². The SMILES string of the molecule is CC1CCC(N)(c2ncns2)CC1. The Morgan fingerprint density at radius 1 is 1.54 bits per heavy atom. The fraction of sp³-hybridized carbons (Fsp3) is 0.778. The highest BCUT2D eigenvalue weighted by Crippen LogP contribution is 2.37. The number of aromatic nitrogens is 2. The van der Waals surface area contributed by atoms with Gasteiger partial charge in [-0.1, -0.05) is 6.92 Å². The van der Waals surface area contributed by atoms with E-state index in [-0.39, 0.29) is 5.54 Å². The standard InChI is InChI=1S/C9H15N3S/c1-7-2-4-9(10,5-3-7)8-11-6-12-13-8/h6-7H,2-5,10H2,1H3. The van der Waals surface area contributed by atoms with Crippen LogP contribution < -0.4 is 5.73 Å². The fourth-order valence-electron chi connectivity index (χ4n) is 1.88. The van der Waals surface area contributed by atoms with Crippen molar-refractivity contribution in [1.82, 2.24) is 9.36 Å². The maximum atomic E-state index is 6.29. The first-order chi connectivity index (χ1) is 6.21. The van der Waals surface area contributed by atoms with Crippen LogP contribution in [0.3, 0.4) is 0 Å². The van der Waals surface area contributed by atoms with E-state index in [2.05, 4.69) is 16.3 Å². The summed E-state index contributed by atoms with van der Waals surface area (Å²) >= 11 is 1.44. The molecule has 0 aromatic carbocycles. The van der Waals surface area contributed by atoms with Crippen LogP contribution in [0.15, 0.2) is 6.33 Å². The molecule has 1 aliphatic carbocycles. The summed E-state index contributed by atoms with van der Waals surface area (Å²) in [5, 5.41) is 1.01. The number of hydrogen-bond acceptors (Lipinski definition) is 4. The number of hydrogen-bond donors (Lipinski definition) is 1. The normalized spacial score (nSPS) is 34.8. The van der Waals surface area contributed by atoms with Gasteiger partial charge in [0.15, 0.2) is 0 Å². The van der Waals surface area contributed by atoms with Crippen LogP contribution in [0.1, 0.15) is 37.6 Å². The third-order valence-electron chi connectivity index (χ3n) is 2.95. The molecule has 1 aliphatic rings. The first kappa shape index (κ1) is 9.09. The smallest absolute Gasteiger partial charge is 0.133 e. The summed E-state index contributed by atoms with van der Waals surface area (Å²) in [6, 6.07) is 0. The second-order valence-corrected chi connectivity index (χ2v) is 4.87. The summed E-state index contributed by atoms with van der Waals surface area (Å²) < 4.78 is 4.01. The molecule has 1 heterocycles. The van der Waals surface area contributed by atoms with E-state index in [0.29, 0.717) is 0 Å². The molecule has 0 radical (unpaired) electrons. The monoisotopic (exact) mass is 197 g/mol. The molecule has 0 bridgehead atoms. The molecule has 0 amide bonds. The number of nitrogens with two attached hydrogens (primary N) is 1. The van der Waals surface area contributed by atoms with Crippen molar-refractivity contribution in [1.29, 1.82) is 0 Å². The zero-order valence-corrected chi connectivity index (χ0v) is 8.68. The molecule has 1 saturated carbocycles. The lowest BCUT2D eigenvalue weighted by Gasteiger charge is -2.33. The summed E-state index contributed by atoms with van der Waals surface area (Å²) in [5.41, 5.74) is 6.12. The number of nitrogens with zero attached hydrogens (tertiary/aromatic N) is 2. The molecule has 72 valence electrons. The largest absolute Gasteiger partial charge is 0.319 e. The van der Waals surface area contributed by atoms with Crippen molar-refractivity contribution in [2.45, 2.75) is 38.1 Å². The molecular formula is C9H15N3S. The van der Waals surface area contributed by atoms with Crippen molar-refractivity contribution in [3.63, 3.8) is 0 Å². The topological polar surface area (TPSA) is 51.8 Å². The van der Waals surface area contributed by atoms with Crippen molar-refractivity contribution in [2.75, 3.05) is 0 Å². The van der Waals surface area contributed by atoms with Gasteiger partial charge in [-0.15, -0.1) is 0 Å².